The van der Waals surface area contributed by atoms with Crippen LogP contribution in [0.4, 0.5) is 0 Å². The molecule has 0 aromatic heterocycles. The molecule has 0 bridgehead atoms. The molecule has 174 valence electrons. The van der Waals surface area contributed by atoms with Gasteiger partial charge in [0.2, 0.25) is 7.37 Å². The van der Waals surface area contributed by atoms with Gasteiger partial charge in [-0.15, -0.1) is 0 Å². The Morgan fingerprint density at radius 2 is 1.34 bits per heavy atom. The lowest BCUT2D eigenvalue weighted by atomic mass is 10.1. The first-order valence-corrected chi connectivity index (χ1v) is 15.1. The largest absolute Gasteiger partial charge is 0.466 e. The fraction of sp³-hybridized carbons (Fsp3) is 0.957. The molecular formula is C23H46BrO4P. The number of ether oxygens (including phenoxy) is 1. The molecule has 2 atom stereocenters. The van der Waals surface area contributed by atoms with Gasteiger partial charge in [-0.05, 0) is 26.2 Å². The lowest BCUT2D eigenvalue weighted by Crippen LogP contribution is -2.18. The summed E-state index contributed by atoms with van der Waals surface area (Å²) >= 11 is 3.46. The average molecular weight is 497 g/mol. The lowest BCUT2D eigenvalue weighted by Gasteiger charge is -2.22. The van der Waals surface area contributed by atoms with Crippen LogP contribution in [0.1, 0.15) is 104 Å². The van der Waals surface area contributed by atoms with Crippen LogP contribution in [0.2, 0.25) is 0 Å². The zero-order chi connectivity index (χ0) is 21.8. The summed E-state index contributed by atoms with van der Waals surface area (Å²) in [6.07, 6.45) is 16.9. The van der Waals surface area contributed by atoms with Gasteiger partial charge >= 0.3 is 5.97 Å². The van der Waals surface area contributed by atoms with Gasteiger partial charge in [-0.3, -0.25) is 9.36 Å². The van der Waals surface area contributed by atoms with E-state index in [9.17, 15) is 9.36 Å². The Balaban J connectivity index is 3.98. The molecular weight excluding hydrogens is 451 g/mol. The van der Waals surface area contributed by atoms with E-state index in [-0.39, 0.29) is 11.9 Å². The number of rotatable bonds is 21. The molecule has 6 heteroatoms. The van der Waals surface area contributed by atoms with Gasteiger partial charge < -0.3 is 9.26 Å². The molecule has 0 spiro atoms. The smallest absolute Gasteiger partial charge is 0.306 e. The quantitative estimate of drug-likeness (QED) is 0.0699. The first kappa shape index (κ1) is 29.1. The molecule has 4 nitrogen and oxygen atoms in total. The second-order valence-electron chi connectivity index (χ2n) is 8.06. The summed E-state index contributed by atoms with van der Waals surface area (Å²) in [6, 6.07) is 0. The molecule has 0 rings (SSSR count). The normalized spacial score (nSPS) is 14.5. The topological polar surface area (TPSA) is 52.6 Å². The van der Waals surface area contributed by atoms with Crippen LogP contribution in [0.5, 0.6) is 0 Å². The second kappa shape index (κ2) is 20.1. The molecule has 0 saturated carbocycles. The van der Waals surface area contributed by atoms with Crippen LogP contribution in [-0.2, 0) is 18.6 Å². The van der Waals surface area contributed by atoms with E-state index in [4.69, 9.17) is 9.26 Å². The van der Waals surface area contributed by atoms with Crippen LogP contribution in [0.3, 0.4) is 0 Å². The maximum atomic E-state index is 13.2. The van der Waals surface area contributed by atoms with Crippen molar-refractivity contribution < 1.29 is 18.6 Å². The van der Waals surface area contributed by atoms with Crippen molar-refractivity contribution in [2.24, 2.45) is 5.92 Å². The summed E-state index contributed by atoms with van der Waals surface area (Å²) in [5, 5.41) is 0.640. The molecule has 0 aromatic carbocycles. The summed E-state index contributed by atoms with van der Waals surface area (Å²) in [6.45, 7) is 6.81. The van der Waals surface area contributed by atoms with Crippen molar-refractivity contribution in [2.45, 2.75) is 104 Å². The number of halogens is 1. The van der Waals surface area contributed by atoms with Crippen molar-refractivity contribution in [1.82, 2.24) is 0 Å². The van der Waals surface area contributed by atoms with Gasteiger partial charge in [-0.25, -0.2) is 0 Å². The fourth-order valence-electron chi connectivity index (χ4n) is 3.65. The third-order valence-corrected chi connectivity index (χ3v) is 8.95. The average Bonchev–Trinajstić information content (AvgIpc) is 2.68. The van der Waals surface area contributed by atoms with Gasteiger partial charge in [0.15, 0.2) is 0 Å². The SMILES string of the molecule is CCCCCCCCCCCCCCP(=O)(CC(CBr)CC(=O)OCC)OCC. The van der Waals surface area contributed by atoms with Gasteiger partial charge in [0.25, 0.3) is 0 Å². The Labute approximate surface area is 188 Å². The molecule has 0 amide bonds. The van der Waals surface area contributed by atoms with E-state index in [0.29, 0.717) is 37.3 Å². The zero-order valence-corrected chi connectivity index (χ0v) is 21.7. The van der Waals surface area contributed by atoms with Crippen molar-refractivity contribution in [2.75, 3.05) is 30.9 Å². The first-order chi connectivity index (χ1) is 14.0. The zero-order valence-electron chi connectivity index (χ0n) is 19.3. The standard InChI is InChI=1S/C23H46BrO4P/c1-4-7-8-9-10-11-12-13-14-15-16-17-18-29(26,28-6-3)21-22(20-24)19-23(25)27-5-2/h22H,4-21H2,1-3H3. The minimum Gasteiger partial charge on any atom is -0.466 e. The van der Waals surface area contributed by atoms with E-state index in [0.717, 1.165) is 12.8 Å². The number of hydrogen-bond acceptors (Lipinski definition) is 4. The van der Waals surface area contributed by atoms with Gasteiger partial charge in [0.05, 0.1) is 13.2 Å². The predicted molar refractivity (Wildman–Crippen MR) is 129 cm³/mol. The summed E-state index contributed by atoms with van der Waals surface area (Å²) in [5.41, 5.74) is 0. The summed E-state index contributed by atoms with van der Waals surface area (Å²) < 4.78 is 23.9. The van der Waals surface area contributed by atoms with E-state index in [1.54, 1.807) is 6.92 Å². The molecule has 0 aromatic rings. The molecule has 0 fully saturated rings. The van der Waals surface area contributed by atoms with E-state index in [1.807, 2.05) is 6.92 Å². The monoisotopic (exact) mass is 496 g/mol. The summed E-state index contributed by atoms with van der Waals surface area (Å²) in [5.74, 6) is -0.214. The molecule has 0 N–H and O–H groups in total. The Morgan fingerprint density at radius 3 is 1.79 bits per heavy atom. The highest BCUT2D eigenvalue weighted by atomic mass is 79.9. The second-order valence-corrected chi connectivity index (χ2v) is 11.4. The van der Waals surface area contributed by atoms with Crippen molar-refractivity contribution in [3.8, 4) is 0 Å². The molecule has 0 aliphatic carbocycles. The van der Waals surface area contributed by atoms with Gasteiger partial charge in [0, 0.05) is 24.1 Å². The Kier molecular flexibility index (Phi) is 20.2. The number of carbonyl (C=O) groups excluding carboxylic acids is 1. The van der Waals surface area contributed by atoms with E-state index in [2.05, 4.69) is 22.9 Å². The number of esters is 1. The minimum atomic E-state index is -2.68. The Bertz CT molecular complexity index is 431. The molecule has 2 unspecified atom stereocenters. The van der Waals surface area contributed by atoms with E-state index >= 15 is 0 Å². The highest BCUT2D eigenvalue weighted by Crippen LogP contribution is 2.50. The van der Waals surface area contributed by atoms with E-state index in [1.165, 1.54) is 64.2 Å². The highest BCUT2D eigenvalue weighted by molar-refractivity contribution is 9.09. The van der Waals surface area contributed by atoms with Crippen molar-refractivity contribution in [3.05, 3.63) is 0 Å². The number of carbonyl (C=O) groups is 1. The number of unbranched alkanes of at least 4 members (excludes halogenated alkanes) is 11. The van der Waals surface area contributed by atoms with Crippen LogP contribution >= 0.6 is 23.3 Å². The van der Waals surface area contributed by atoms with Gasteiger partial charge in [-0.1, -0.05) is 93.5 Å². The Hall–Kier alpha value is 0.140. The predicted octanol–water partition coefficient (Wildman–Crippen LogP) is 7.97. The first-order valence-electron chi connectivity index (χ1n) is 12.0. The lowest BCUT2D eigenvalue weighted by molar-refractivity contribution is -0.143. The third kappa shape index (κ3) is 17.5. The minimum absolute atomic E-state index is 0.00348. The highest BCUT2D eigenvalue weighted by Gasteiger charge is 2.28. The van der Waals surface area contributed by atoms with E-state index < -0.39 is 7.37 Å². The molecule has 0 radical (unpaired) electrons. The van der Waals surface area contributed by atoms with Crippen molar-refractivity contribution >= 4 is 29.3 Å². The van der Waals surface area contributed by atoms with Gasteiger partial charge in [0.1, 0.15) is 0 Å². The number of alkyl halides is 1. The van der Waals surface area contributed by atoms with Crippen molar-refractivity contribution in [3.63, 3.8) is 0 Å². The maximum Gasteiger partial charge on any atom is 0.306 e. The van der Waals surface area contributed by atoms with Crippen LogP contribution in [0.25, 0.3) is 0 Å². The maximum absolute atomic E-state index is 13.2. The van der Waals surface area contributed by atoms with Crippen LogP contribution in [-0.4, -0.2) is 36.8 Å². The summed E-state index contributed by atoms with van der Waals surface area (Å²) in [7, 11) is -2.68. The van der Waals surface area contributed by atoms with Crippen molar-refractivity contribution in [1.29, 1.82) is 0 Å². The fourth-order valence-corrected chi connectivity index (χ4v) is 7.10. The molecule has 0 heterocycles. The summed E-state index contributed by atoms with van der Waals surface area (Å²) in [4.78, 5) is 11.8. The third-order valence-electron chi connectivity index (χ3n) is 5.23. The molecule has 0 aliphatic heterocycles. The molecule has 0 saturated heterocycles. The van der Waals surface area contributed by atoms with Crippen LogP contribution < -0.4 is 0 Å². The van der Waals surface area contributed by atoms with Crippen LogP contribution in [0.15, 0.2) is 0 Å². The number of hydrogen-bond donors (Lipinski definition) is 0. The van der Waals surface area contributed by atoms with Gasteiger partial charge in [-0.2, -0.15) is 0 Å². The molecule has 0 aliphatic rings. The molecule has 29 heavy (non-hydrogen) atoms. The Morgan fingerprint density at radius 1 is 0.828 bits per heavy atom. The van der Waals surface area contributed by atoms with Crippen LogP contribution in [0, 0.1) is 5.92 Å².